The Morgan fingerprint density at radius 3 is 2.62 bits per heavy atom. The van der Waals surface area contributed by atoms with Gasteiger partial charge in [0, 0.05) is 20.1 Å². The molecular formula is C15H21N5O. The fraction of sp³-hybridized carbons (Fsp3) is 0.467. The number of benzene rings is 1. The molecule has 1 aromatic carbocycles. The lowest BCUT2D eigenvalue weighted by Gasteiger charge is -2.36. The largest absolute Gasteiger partial charge is 0.371 e. The van der Waals surface area contributed by atoms with Gasteiger partial charge in [0.25, 0.3) is 0 Å². The van der Waals surface area contributed by atoms with Crippen LogP contribution in [0.3, 0.4) is 0 Å². The molecule has 0 atom stereocenters. The summed E-state index contributed by atoms with van der Waals surface area (Å²) in [6.07, 6.45) is 0. The molecule has 0 saturated heterocycles. The van der Waals surface area contributed by atoms with E-state index < -0.39 is 5.54 Å². The summed E-state index contributed by atoms with van der Waals surface area (Å²) in [4.78, 5) is 8.93. The lowest BCUT2D eigenvalue weighted by atomic mass is 10.1. The van der Waals surface area contributed by atoms with Crippen molar-refractivity contribution < 1.29 is 4.52 Å². The number of hydrogen-bond acceptors (Lipinski definition) is 6. The molecule has 3 rings (SSSR count). The first-order chi connectivity index (χ1) is 9.95. The standard InChI is InChI=1S/C15H21N5O/c1-15(2,16)14-17-13(21-18-14)10-20-9-8-19(3)11-6-4-5-7-12(11)20/h4-7H,8-10,16H2,1-3H3. The van der Waals surface area contributed by atoms with Gasteiger partial charge in [-0.15, -0.1) is 0 Å². The quantitative estimate of drug-likeness (QED) is 0.927. The SMILES string of the molecule is CN1CCN(Cc2nc(C(C)(C)N)no2)c2ccccc21. The first-order valence-electron chi connectivity index (χ1n) is 7.12. The molecule has 21 heavy (non-hydrogen) atoms. The predicted octanol–water partition coefficient (Wildman–Crippen LogP) is 1.72. The van der Waals surface area contributed by atoms with Crippen LogP contribution in [0, 0.1) is 0 Å². The highest BCUT2D eigenvalue weighted by atomic mass is 16.5. The van der Waals surface area contributed by atoms with Crippen molar-refractivity contribution in [3.8, 4) is 0 Å². The molecule has 2 aromatic rings. The van der Waals surface area contributed by atoms with E-state index in [9.17, 15) is 0 Å². The van der Waals surface area contributed by atoms with Gasteiger partial charge in [0.05, 0.1) is 23.5 Å². The van der Waals surface area contributed by atoms with Crippen molar-refractivity contribution >= 4 is 11.4 Å². The summed E-state index contributed by atoms with van der Waals surface area (Å²) in [6.45, 7) is 6.24. The monoisotopic (exact) mass is 287 g/mol. The van der Waals surface area contributed by atoms with Crippen molar-refractivity contribution in [3.63, 3.8) is 0 Å². The normalized spacial score (nSPS) is 15.2. The third-order valence-electron chi connectivity index (χ3n) is 3.71. The van der Waals surface area contributed by atoms with Gasteiger partial charge in [0.15, 0.2) is 5.82 Å². The van der Waals surface area contributed by atoms with Crippen LogP contribution >= 0.6 is 0 Å². The molecule has 0 unspecified atom stereocenters. The molecular weight excluding hydrogens is 266 g/mol. The molecule has 2 heterocycles. The van der Waals surface area contributed by atoms with E-state index in [2.05, 4.69) is 45.2 Å². The molecule has 6 heteroatoms. The van der Waals surface area contributed by atoms with E-state index in [0.717, 1.165) is 13.1 Å². The van der Waals surface area contributed by atoms with Crippen LogP contribution in [0.2, 0.25) is 0 Å². The number of anilines is 2. The Bertz CT molecular complexity index is 631. The molecule has 0 amide bonds. The highest BCUT2D eigenvalue weighted by molar-refractivity contribution is 5.72. The minimum absolute atomic E-state index is 0.542. The van der Waals surface area contributed by atoms with Crippen molar-refractivity contribution in [2.24, 2.45) is 5.73 Å². The average Bonchev–Trinajstić information content (AvgIpc) is 2.91. The maximum absolute atomic E-state index is 5.99. The Morgan fingerprint density at radius 1 is 1.24 bits per heavy atom. The van der Waals surface area contributed by atoms with E-state index in [4.69, 9.17) is 10.3 Å². The minimum Gasteiger partial charge on any atom is -0.371 e. The van der Waals surface area contributed by atoms with E-state index in [1.807, 2.05) is 19.9 Å². The number of aromatic nitrogens is 2. The topological polar surface area (TPSA) is 71.4 Å². The molecule has 1 aliphatic rings. The lowest BCUT2D eigenvalue weighted by Crippen LogP contribution is -2.38. The van der Waals surface area contributed by atoms with E-state index in [0.29, 0.717) is 18.3 Å². The van der Waals surface area contributed by atoms with Crippen LogP contribution in [0.1, 0.15) is 25.6 Å². The van der Waals surface area contributed by atoms with Crippen LogP contribution in [0.25, 0.3) is 0 Å². The summed E-state index contributed by atoms with van der Waals surface area (Å²) in [7, 11) is 2.11. The van der Waals surface area contributed by atoms with Crippen LogP contribution in [0.5, 0.6) is 0 Å². The van der Waals surface area contributed by atoms with E-state index >= 15 is 0 Å². The minimum atomic E-state index is -0.582. The number of nitrogens with two attached hydrogens (primary N) is 1. The summed E-state index contributed by atoms with van der Waals surface area (Å²) in [5.41, 5.74) is 7.83. The van der Waals surface area contributed by atoms with Crippen LogP contribution in [0.15, 0.2) is 28.8 Å². The van der Waals surface area contributed by atoms with Gasteiger partial charge < -0.3 is 20.1 Å². The predicted molar refractivity (Wildman–Crippen MR) is 82.3 cm³/mol. The van der Waals surface area contributed by atoms with E-state index in [1.165, 1.54) is 11.4 Å². The van der Waals surface area contributed by atoms with Crippen LogP contribution in [-0.4, -0.2) is 30.3 Å². The fourth-order valence-electron chi connectivity index (χ4n) is 2.47. The number of hydrogen-bond donors (Lipinski definition) is 1. The Balaban J connectivity index is 1.83. The van der Waals surface area contributed by atoms with Crippen LogP contribution < -0.4 is 15.5 Å². The maximum atomic E-state index is 5.99. The molecule has 1 aromatic heterocycles. The zero-order valence-electron chi connectivity index (χ0n) is 12.7. The van der Waals surface area contributed by atoms with Crippen LogP contribution in [0.4, 0.5) is 11.4 Å². The summed E-state index contributed by atoms with van der Waals surface area (Å²) in [5, 5.41) is 3.98. The number of fused-ring (bicyclic) bond motifs is 1. The number of likely N-dealkylation sites (N-methyl/N-ethyl adjacent to an activating group) is 1. The van der Waals surface area contributed by atoms with Crippen molar-refractivity contribution in [2.45, 2.75) is 25.9 Å². The summed E-state index contributed by atoms with van der Waals surface area (Å²) >= 11 is 0. The zero-order valence-corrected chi connectivity index (χ0v) is 12.7. The Hall–Kier alpha value is -2.08. The number of rotatable bonds is 3. The summed E-state index contributed by atoms with van der Waals surface area (Å²) in [6, 6.07) is 8.35. The van der Waals surface area contributed by atoms with Gasteiger partial charge in [-0.05, 0) is 26.0 Å². The number of nitrogens with zero attached hydrogens (tertiary/aromatic N) is 4. The van der Waals surface area contributed by atoms with Gasteiger partial charge in [-0.2, -0.15) is 4.98 Å². The second-order valence-corrected chi connectivity index (χ2v) is 6.07. The van der Waals surface area contributed by atoms with E-state index in [1.54, 1.807) is 0 Å². The molecule has 0 saturated carbocycles. The van der Waals surface area contributed by atoms with Gasteiger partial charge >= 0.3 is 0 Å². The molecule has 0 spiro atoms. The first kappa shape index (κ1) is 13.9. The highest BCUT2D eigenvalue weighted by Gasteiger charge is 2.24. The fourth-order valence-corrected chi connectivity index (χ4v) is 2.47. The second-order valence-electron chi connectivity index (χ2n) is 6.07. The zero-order chi connectivity index (χ0) is 15.0. The molecule has 0 fully saturated rings. The van der Waals surface area contributed by atoms with Crippen molar-refractivity contribution in [1.82, 2.24) is 10.1 Å². The first-order valence-corrected chi connectivity index (χ1v) is 7.12. The molecule has 0 bridgehead atoms. The summed E-state index contributed by atoms with van der Waals surface area (Å²) < 4.78 is 5.34. The van der Waals surface area contributed by atoms with Gasteiger partial charge in [-0.1, -0.05) is 17.3 Å². The molecule has 6 nitrogen and oxygen atoms in total. The second kappa shape index (κ2) is 5.04. The van der Waals surface area contributed by atoms with Gasteiger partial charge in [-0.3, -0.25) is 0 Å². The van der Waals surface area contributed by atoms with Gasteiger partial charge in [0.1, 0.15) is 0 Å². The molecule has 0 radical (unpaired) electrons. The third-order valence-corrected chi connectivity index (χ3v) is 3.71. The number of para-hydroxylation sites is 2. The van der Waals surface area contributed by atoms with Gasteiger partial charge in [-0.25, -0.2) is 0 Å². The Labute approximate surface area is 124 Å². The maximum Gasteiger partial charge on any atom is 0.246 e. The molecule has 0 aliphatic carbocycles. The Morgan fingerprint density at radius 2 is 1.95 bits per heavy atom. The van der Waals surface area contributed by atoms with Crippen LogP contribution in [-0.2, 0) is 12.1 Å². The van der Waals surface area contributed by atoms with E-state index in [-0.39, 0.29) is 0 Å². The van der Waals surface area contributed by atoms with Crippen molar-refractivity contribution in [1.29, 1.82) is 0 Å². The van der Waals surface area contributed by atoms with Gasteiger partial charge in [0.2, 0.25) is 5.89 Å². The highest BCUT2D eigenvalue weighted by Crippen LogP contribution is 2.32. The lowest BCUT2D eigenvalue weighted by molar-refractivity contribution is 0.358. The summed E-state index contributed by atoms with van der Waals surface area (Å²) in [5.74, 6) is 1.14. The average molecular weight is 287 g/mol. The van der Waals surface area contributed by atoms with Crippen molar-refractivity contribution in [3.05, 3.63) is 36.0 Å². The smallest absolute Gasteiger partial charge is 0.246 e. The molecule has 2 N–H and O–H groups in total. The Kier molecular flexibility index (Phi) is 3.33. The third kappa shape index (κ3) is 2.71. The molecule has 112 valence electrons. The van der Waals surface area contributed by atoms with Crippen molar-refractivity contribution in [2.75, 3.05) is 29.9 Å². The molecule has 1 aliphatic heterocycles.